The monoisotopic (exact) mass is 242 g/mol. The highest BCUT2D eigenvalue weighted by Crippen LogP contribution is 2.41. The second-order valence-corrected chi connectivity index (χ2v) is 2.81. The number of hydrogen-bond acceptors (Lipinski definition) is 0. The van der Waals surface area contributed by atoms with Gasteiger partial charge >= 0.3 is 6.18 Å². The first-order valence-corrected chi connectivity index (χ1v) is 3.52. The van der Waals surface area contributed by atoms with Crippen molar-refractivity contribution in [2.75, 3.05) is 0 Å². The van der Waals surface area contributed by atoms with Gasteiger partial charge in [-0.2, -0.15) is 13.2 Å². The van der Waals surface area contributed by atoms with Crippen LogP contribution in [0.2, 0.25) is 0 Å². The second-order valence-electron chi connectivity index (χ2n) is 2.81. The SMILES string of the molecule is C=CC(F)(F)CC(F)(F)C(F)C(F)(F)F. The van der Waals surface area contributed by atoms with Gasteiger partial charge in [0.15, 0.2) is 0 Å². The Hall–Kier alpha value is -0.820. The van der Waals surface area contributed by atoms with Crippen molar-refractivity contribution in [2.45, 2.75) is 30.6 Å². The molecule has 0 aromatic rings. The van der Waals surface area contributed by atoms with Crippen LogP contribution in [0.25, 0.3) is 0 Å². The maximum Gasteiger partial charge on any atom is 0.425 e. The molecular formula is C7H6F8. The van der Waals surface area contributed by atoms with Gasteiger partial charge in [0.25, 0.3) is 18.0 Å². The Morgan fingerprint density at radius 3 is 1.67 bits per heavy atom. The van der Waals surface area contributed by atoms with Crippen molar-refractivity contribution in [2.24, 2.45) is 0 Å². The van der Waals surface area contributed by atoms with E-state index in [9.17, 15) is 35.1 Å². The highest BCUT2D eigenvalue weighted by Gasteiger charge is 2.59. The van der Waals surface area contributed by atoms with Crippen molar-refractivity contribution in [3.8, 4) is 0 Å². The molecule has 15 heavy (non-hydrogen) atoms. The normalized spacial score (nSPS) is 16.3. The predicted octanol–water partition coefficient (Wildman–Crippen LogP) is 3.73. The standard InChI is InChI=1S/C7H6F8/c1-2-5(9,10)3-6(11,12)4(8)7(13,14)15/h2,4H,1,3H2. The lowest BCUT2D eigenvalue weighted by Gasteiger charge is -2.25. The summed E-state index contributed by atoms with van der Waals surface area (Å²) >= 11 is 0. The zero-order valence-electron chi connectivity index (χ0n) is 7.09. The van der Waals surface area contributed by atoms with Gasteiger partial charge < -0.3 is 0 Å². The molecule has 8 heteroatoms. The Morgan fingerprint density at radius 2 is 1.40 bits per heavy atom. The molecule has 0 bridgehead atoms. The lowest BCUT2D eigenvalue weighted by atomic mass is 10.1. The van der Waals surface area contributed by atoms with Crippen molar-refractivity contribution in [1.29, 1.82) is 0 Å². The summed E-state index contributed by atoms with van der Waals surface area (Å²) in [5.41, 5.74) is 0. The van der Waals surface area contributed by atoms with Gasteiger partial charge in [0.05, 0.1) is 6.42 Å². The second kappa shape index (κ2) is 3.97. The maximum absolute atomic E-state index is 12.4. The van der Waals surface area contributed by atoms with E-state index >= 15 is 0 Å². The number of halogens is 8. The fourth-order valence-electron chi connectivity index (χ4n) is 0.715. The van der Waals surface area contributed by atoms with Crippen LogP contribution in [0.5, 0.6) is 0 Å². The van der Waals surface area contributed by atoms with Gasteiger partial charge in [-0.15, -0.1) is 0 Å². The topological polar surface area (TPSA) is 0 Å². The third-order valence-electron chi connectivity index (χ3n) is 1.43. The van der Waals surface area contributed by atoms with E-state index in [-0.39, 0.29) is 6.08 Å². The van der Waals surface area contributed by atoms with Gasteiger partial charge in [0, 0.05) is 0 Å². The molecule has 0 aromatic heterocycles. The minimum atomic E-state index is -5.87. The van der Waals surface area contributed by atoms with Crippen molar-refractivity contribution in [1.82, 2.24) is 0 Å². The quantitative estimate of drug-likeness (QED) is 0.520. The molecule has 0 rings (SSSR count). The summed E-state index contributed by atoms with van der Waals surface area (Å²) in [5.74, 6) is -9.44. The van der Waals surface area contributed by atoms with Gasteiger partial charge in [-0.05, 0) is 6.08 Å². The van der Waals surface area contributed by atoms with Gasteiger partial charge in [-0.1, -0.05) is 6.58 Å². The molecule has 0 amide bonds. The van der Waals surface area contributed by atoms with Gasteiger partial charge in [0.1, 0.15) is 0 Å². The molecule has 0 heterocycles. The summed E-state index contributed by atoms with van der Waals surface area (Å²) in [6.07, 6.45) is -13.3. The van der Waals surface area contributed by atoms with E-state index in [1.165, 1.54) is 0 Å². The van der Waals surface area contributed by atoms with Crippen LogP contribution in [0, 0.1) is 0 Å². The lowest BCUT2D eigenvalue weighted by molar-refractivity contribution is -0.255. The Morgan fingerprint density at radius 1 is 1.00 bits per heavy atom. The van der Waals surface area contributed by atoms with Crippen LogP contribution < -0.4 is 0 Å². The van der Waals surface area contributed by atoms with Gasteiger partial charge in [0.2, 0.25) is 0 Å². The first-order valence-electron chi connectivity index (χ1n) is 3.52. The molecule has 0 radical (unpaired) electrons. The Labute approximate surface area is 79.6 Å². The van der Waals surface area contributed by atoms with Crippen molar-refractivity contribution in [3.63, 3.8) is 0 Å². The average Bonchev–Trinajstić information content (AvgIpc) is 1.99. The smallest absolute Gasteiger partial charge is 0.231 e. The van der Waals surface area contributed by atoms with E-state index in [1.807, 2.05) is 0 Å². The minimum Gasteiger partial charge on any atom is -0.231 e. The Bertz CT molecular complexity index is 228. The molecular weight excluding hydrogens is 236 g/mol. The molecule has 0 aliphatic rings. The Balaban J connectivity index is 4.76. The number of hydrogen-bond donors (Lipinski definition) is 0. The van der Waals surface area contributed by atoms with Crippen molar-refractivity contribution < 1.29 is 35.1 Å². The van der Waals surface area contributed by atoms with E-state index < -0.39 is 30.6 Å². The van der Waals surface area contributed by atoms with Crippen LogP contribution in [0.15, 0.2) is 12.7 Å². The average molecular weight is 242 g/mol. The molecule has 0 aromatic carbocycles. The summed E-state index contributed by atoms with van der Waals surface area (Å²) in [7, 11) is 0. The van der Waals surface area contributed by atoms with Crippen LogP contribution in [0.1, 0.15) is 6.42 Å². The third kappa shape index (κ3) is 4.05. The lowest BCUT2D eigenvalue weighted by Crippen LogP contribution is -2.44. The molecule has 0 saturated carbocycles. The number of rotatable bonds is 4. The van der Waals surface area contributed by atoms with Crippen LogP contribution in [0.4, 0.5) is 35.1 Å². The van der Waals surface area contributed by atoms with E-state index in [0.29, 0.717) is 0 Å². The summed E-state index contributed by atoms with van der Waals surface area (Å²) < 4.78 is 95.9. The highest BCUT2D eigenvalue weighted by atomic mass is 19.4. The summed E-state index contributed by atoms with van der Waals surface area (Å²) in [4.78, 5) is 0. The summed E-state index contributed by atoms with van der Waals surface area (Å²) in [6, 6.07) is 0. The molecule has 0 nitrogen and oxygen atoms in total. The zero-order valence-corrected chi connectivity index (χ0v) is 7.09. The summed E-state index contributed by atoms with van der Waals surface area (Å²) in [6.45, 7) is 2.45. The van der Waals surface area contributed by atoms with Crippen LogP contribution >= 0.6 is 0 Å². The van der Waals surface area contributed by atoms with Crippen LogP contribution in [-0.4, -0.2) is 24.2 Å². The molecule has 1 unspecified atom stereocenters. The first-order chi connectivity index (χ1) is 6.42. The molecule has 1 atom stereocenters. The number of alkyl halides is 8. The molecule has 90 valence electrons. The van der Waals surface area contributed by atoms with Crippen LogP contribution in [-0.2, 0) is 0 Å². The van der Waals surface area contributed by atoms with E-state index in [4.69, 9.17) is 0 Å². The Kier molecular flexibility index (Phi) is 3.76. The minimum absolute atomic E-state index is 0.260. The largest absolute Gasteiger partial charge is 0.425 e. The molecule has 0 aliphatic carbocycles. The van der Waals surface area contributed by atoms with E-state index in [0.717, 1.165) is 0 Å². The fourth-order valence-corrected chi connectivity index (χ4v) is 0.715. The third-order valence-corrected chi connectivity index (χ3v) is 1.43. The van der Waals surface area contributed by atoms with Gasteiger partial charge in [-0.25, -0.2) is 22.0 Å². The highest BCUT2D eigenvalue weighted by molar-refractivity contribution is 4.95. The van der Waals surface area contributed by atoms with Gasteiger partial charge in [-0.3, -0.25) is 0 Å². The van der Waals surface area contributed by atoms with Crippen LogP contribution in [0.3, 0.4) is 0 Å². The maximum atomic E-state index is 12.4. The van der Waals surface area contributed by atoms with E-state index in [1.54, 1.807) is 0 Å². The molecule has 0 aliphatic heterocycles. The predicted molar refractivity (Wildman–Crippen MR) is 35.7 cm³/mol. The molecule has 0 N–H and O–H groups in total. The summed E-state index contributed by atoms with van der Waals surface area (Å²) in [5, 5.41) is 0. The fraction of sp³-hybridized carbons (Fsp3) is 0.714. The molecule has 0 saturated heterocycles. The molecule has 0 fully saturated rings. The zero-order chi connectivity index (χ0) is 12.5. The number of allylic oxidation sites excluding steroid dienone is 1. The van der Waals surface area contributed by atoms with Crippen molar-refractivity contribution >= 4 is 0 Å². The van der Waals surface area contributed by atoms with E-state index in [2.05, 4.69) is 6.58 Å². The molecule has 0 spiro atoms. The van der Waals surface area contributed by atoms with Crippen molar-refractivity contribution in [3.05, 3.63) is 12.7 Å². The first kappa shape index (κ1) is 14.2.